The van der Waals surface area contributed by atoms with Crippen molar-refractivity contribution in [3.63, 3.8) is 0 Å². The highest BCUT2D eigenvalue weighted by Crippen LogP contribution is 2.28. The molecule has 106 valence electrons. The van der Waals surface area contributed by atoms with E-state index >= 15 is 0 Å². The number of hydrogen-bond donors (Lipinski definition) is 1. The fourth-order valence-electron chi connectivity index (χ4n) is 3.59. The van der Waals surface area contributed by atoms with Crippen LogP contribution in [0.3, 0.4) is 0 Å². The molecular weight excluding hydrogens is 224 g/mol. The summed E-state index contributed by atoms with van der Waals surface area (Å²) in [6.45, 7) is 6.44. The molecular formula is C15H30N2O. The summed E-state index contributed by atoms with van der Waals surface area (Å²) in [5, 5.41) is 3.72. The first-order valence-corrected chi connectivity index (χ1v) is 7.82. The van der Waals surface area contributed by atoms with Gasteiger partial charge in [-0.1, -0.05) is 19.8 Å². The molecule has 0 aromatic heterocycles. The Kier molecular flexibility index (Phi) is 5.93. The first-order valence-electron chi connectivity index (χ1n) is 7.82. The van der Waals surface area contributed by atoms with E-state index < -0.39 is 0 Å². The molecule has 0 aromatic rings. The topological polar surface area (TPSA) is 24.5 Å². The van der Waals surface area contributed by atoms with Crippen LogP contribution >= 0.6 is 0 Å². The van der Waals surface area contributed by atoms with Gasteiger partial charge >= 0.3 is 0 Å². The summed E-state index contributed by atoms with van der Waals surface area (Å²) in [6, 6.07) is 1.44. The first kappa shape index (κ1) is 14.3. The SMILES string of the molecule is CCNC(CN(C)C1CCOCC1)C1CCCC1. The molecule has 0 spiro atoms. The minimum absolute atomic E-state index is 0.699. The third-order valence-corrected chi connectivity index (χ3v) is 4.73. The first-order chi connectivity index (χ1) is 8.81. The Morgan fingerprint density at radius 1 is 1.17 bits per heavy atom. The van der Waals surface area contributed by atoms with Crippen LogP contribution < -0.4 is 5.32 Å². The minimum Gasteiger partial charge on any atom is -0.381 e. The Balaban J connectivity index is 1.82. The second kappa shape index (κ2) is 7.46. The maximum atomic E-state index is 5.46. The predicted octanol–water partition coefficient (Wildman–Crippen LogP) is 2.27. The molecule has 1 N–H and O–H groups in total. The van der Waals surface area contributed by atoms with Gasteiger partial charge in [-0.25, -0.2) is 0 Å². The van der Waals surface area contributed by atoms with E-state index in [1.165, 1.54) is 45.1 Å². The van der Waals surface area contributed by atoms with Crippen molar-refractivity contribution < 1.29 is 4.74 Å². The normalized spacial score (nSPS) is 24.8. The highest BCUT2D eigenvalue weighted by Gasteiger charge is 2.27. The van der Waals surface area contributed by atoms with E-state index in [0.29, 0.717) is 6.04 Å². The Hall–Kier alpha value is -0.120. The summed E-state index contributed by atoms with van der Waals surface area (Å²) in [5.74, 6) is 0.909. The van der Waals surface area contributed by atoms with Crippen molar-refractivity contribution in [3.05, 3.63) is 0 Å². The zero-order chi connectivity index (χ0) is 12.8. The van der Waals surface area contributed by atoms with Crippen LogP contribution in [0.15, 0.2) is 0 Å². The third kappa shape index (κ3) is 3.94. The average molecular weight is 254 g/mol. The van der Waals surface area contributed by atoms with Gasteiger partial charge in [0.25, 0.3) is 0 Å². The maximum Gasteiger partial charge on any atom is 0.0480 e. The summed E-state index contributed by atoms with van der Waals surface area (Å²) in [6.07, 6.45) is 8.15. The molecule has 0 aromatic carbocycles. The Morgan fingerprint density at radius 2 is 1.83 bits per heavy atom. The molecule has 1 aliphatic heterocycles. The number of ether oxygens (including phenoxy) is 1. The van der Waals surface area contributed by atoms with Crippen LogP contribution in [0.5, 0.6) is 0 Å². The van der Waals surface area contributed by atoms with Crippen molar-refractivity contribution in [1.82, 2.24) is 10.2 Å². The lowest BCUT2D eigenvalue weighted by Crippen LogP contribution is -2.48. The predicted molar refractivity (Wildman–Crippen MR) is 75.9 cm³/mol. The highest BCUT2D eigenvalue weighted by atomic mass is 16.5. The molecule has 0 radical (unpaired) electrons. The second-order valence-electron chi connectivity index (χ2n) is 5.99. The van der Waals surface area contributed by atoms with E-state index in [9.17, 15) is 0 Å². The summed E-state index contributed by atoms with van der Waals surface area (Å²) in [5.41, 5.74) is 0. The van der Waals surface area contributed by atoms with Gasteiger partial charge in [-0.15, -0.1) is 0 Å². The van der Waals surface area contributed by atoms with E-state index in [0.717, 1.165) is 31.7 Å². The van der Waals surface area contributed by atoms with Crippen molar-refractivity contribution in [2.75, 3.05) is 33.4 Å². The van der Waals surface area contributed by atoms with Crippen LogP contribution in [0.1, 0.15) is 45.4 Å². The van der Waals surface area contributed by atoms with Crippen LogP contribution in [0, 0.1) is 5.92 Å². The van der Waals surface area contributed by atoms with Crippen molar-refractivity contribution in [2.45, 2.75) is 57.5 Å². The number of nitrogens with one attached hydrogen (secondary N) is 1. The molecule has 0 bridgehead atoms. The number of likely N-dealkylation sites (N-methyl/N-ethyl adjacent to an activating group) is 2. The second-order valence-corrected chi connectivity index (χ2v) is 5.99. The van der Waals surface area contributed by atoms with Gasteiger partial charge in [0.05, 0.1) is 0 Å². The van der Waals surface area contributed by atoms with Crippen LogP contribution in [0.2, 0.25) is 0 Å². The van der Waals surface area contributed by atoms with E-state index in [-0.39, 0.29) is 0 Å². The summed E-state index contributed by atoms with van der Waals surface area (Å²) >= 11 is 0. The third-order valence-electron chi connectivity index (χ3n) is 4.73. The van der Waals surface area contributed by atoms with Crippen LogP contribution in [0.25, 0.3) is 0 Å². The maximum absolute atomic E-state index is 5.46. The average Bonchev–Trinajstić information content (AvgIpc) is 2.93. The molecule has 1 heterocycles. The van der Waals surface area contributed by atoms with Gasteiger partial charge in [-0.3, -0.25) is 0 Å². The number of rotatable bonds is 6. The Labute approximate surface area is 112 Å². The molecule has 1 aliphatic carbocycles. The molecule has 0 amide bonds. The minimum atomic E-state index is 0.699. The van der Waals surface area contributed by atoms with Crippen LogP contribution in [0.4, 0.5) is 0 Å². The highest BCUT2D eigenvalue weighted by molar-refractivity contribution is 4.84. The van der Waals surface area contributed by atoms with Gasteiger partial charge in [0, 0.05) is 31.8 Å². The van der Waals surface area contributed by atoms with E-state index in [1.54, 1.807) is 0 Å². The van der Waals surface area contributed by atoms with Gasteiger partial charge in [0.15, 0.2) is 0 Å². The van der Waals surface area contributed by atoms with Crippen molar-refractivity contribution in [1.29, 1.82) is 0 Å². The van der Waals surface area contributed by atoms with E-state index in [2.05, 4.69) is 24.2 Å². The molecule has 3 nitrogen and oxygen atoms in total. The van der Waals surface area contributed by atoms with Gasteiger partial charge in [-0.2, -0.15) is 0 Å². The molecule has 2 rings (SSSR count). The summed E-state index contributed by atoms with van der Waals surface area (Å²) in [4.78, 5) is 2.58. The Morgan fingerprint density at radius 3 is 2.44 bits per heavy atom. The zero-order valence-electron chi connectivity index (χ0n) is 12.2. The smallest absolute Gasteiger partial charge is 0.0480 e. The number of nitrogens with zero attached hydrogens (tertiary/aromatic N) is 1. The van der Waals surface area contributed by atoms with Gasteiger partial charge in [-0.05, 0) is 45.2 Å². The molecule has 1 saturated carbocycles. The Bertz CT molecular complexity index is 223. The van der Waals surface area contributed by atoms with Gasteiger partial charge < -0.3 is 15.0 Å². The van der Waals surface area contributed by atoms with Crippen molar-refractivity contribution >= 4 is 0 Å². The molecule has 1 saturated heterocycles. The summed E-state index contributed by atoms with van der Waals surface area (Å²) in [7, 11) is 2.30. The van der Waals surface area contributed by atoms with Gasteiger partial charge in [0.1, 0.15) is 0 Å². The van der Waals surface area contributed by atoms with Crippen LogP contribution in [-0.2, 0) is 4.74 Å². The zero-order valence-corrected chi connectivity index (χ0v) is 12.2. The molecule has 3 heteroatoms. The molecule has 1 unspecified atom stereocenters. The summed E-state index contributed by atoms with van der Waals surface area (Å²) < 4.78 is 5.46. The largest absolute Gasteiger partial charge is 0.381 e. The van der Waals surface area contributed by atoms with Gasteiger partial charge in [0.2, 0.25) is 0 Å². The van der Waals surface area contributed by atoms with Crippen LogP contribution in [-0.4, -0.2) is 50.3 Å². The molecule has 2 aliphatic rings. The quantitative estimate of drug-likeness (QED) is 0.787. The lowest BCUT2D eigenvalue weighted by molar-refractivity contribution is 0.0379. The van der Waals surface area contributed by atoms with E-state index in [1.807, 2.05) is 0 Å². The molecule has 1 atom stereocenters. The standard InChI is InChI=1S/C15H30N2O/c1-3-16-15(13-6-4-5-7-13)12-17(2)14-8-10-18-11-9-14/h13-16H,3-12H2,1-2H3. The van der Waals surface area contributed by atoms with E-state index in [4.69, 9.17) is 4.74 Å². The fourth-order valence-corrected chi connectivity index (χ4v) is 3.59. The molecule has 2 fully saturated rings. The lowest BCUT2D eigenvalue weighted by atomic mass is 9.96. The monoisotopic (exact) mass is 254 g/mol. The van der Waals surface area contributed by atoms with Crippen molar-refractivity contribution in [3.8, 4) is 0 Å². The van der Waals surface area contributed by atoms with Crippen molar-refractivity contribution in [2.24, 2.45) is 5.92 Å². The molecule has 18 heavy (non-hydrogen) atoms. The number of hydrogen-bond acceptors (Lipinski definition) is 3. The lowest BCUT2D eigenvalue weighted by Gasteiger charge is -2.35. The fraction of sp³-hybridized carbons (Fsp3) is 1.00.